The molecule has 0 spiro atoms. The van der Waals surface area contributed by atoms with Crippen molar-refractivity contribution in [2.45, 2.75) is 18.9 Å². The maximum atomic E-state index is 6.24. The lowest BCUT2D eigenvalue weighted by atomic mass is 9.97. The van der Waals surface area contributed by atoms with E-state index in [1.807, 2.05) is 22.8 Å². The molecule has 3 heterocycles. The van der Waals surface area contributed by atoms with Gasteiger partial charge in [-0.3, -0.25) is 4.98 Å². The number of imidazole rings is 1. The van der Waals surface area contributed by atoms with Crippen LogP contribution in [0.15, 0.2) is 42.6 Å². The number of benzene rings is 1. The molecule has 1 aromatic carbocycles. The highest BCUT2D eigenvalue weighted by molar-refractivity contribution is 5.82. The Hall–Kier alpha value is -2.44. The molecule has 1 saturated heterocycles. The maximum absolute atomic E-state index is 6.24. The smallest absolute Gasteiger partial charge is 0.201 e. The lowest BCUT2D eigenvalue weighted by molar-refractivity contribution is 0.344. The normalized spacial score (nSPS) is 18.2. The van der Waals surface area contributed by atoms with Gasteiger partial charge in [-0.15, -0.1) is 0 Å². The van der Waals surface area contributed by atoms with Crippen LogP contribution in [0.5, 0.6) is 0 Å². The topological polar surface area (TPSA) is 86.0 Å². The molecule has 4 rings (SSSR count). The standard InChI is InChI=1S/C19H24N6/c20-8-11-24-10-7-14(12-24)16-5-3-6-17-18(16)23-19(21)25(17)13-15-4-1-2-9-22-15/h1-6,9,14H,7-8,10-13,20H2,(H2,21,23). The summed E-state index contributed by atoms with van der Waals surface area (Å²) >= 11 is 0. The van der Waals surface area contributed by atoms with Gasteiger partial charge in [-0.2, -0.15) is 0 Å². The Morgan fingerprint density at radius 1 is 1.16 bits per heavy atom. The van der Waals surface area contributed by atoms with Crippen molar-refractivity contribution in [1.82, 2.24) is 19.4 Å². The van der Waals surface area contributed by atoms with Gasteiger partial charge < -0.3 is 20.9 Å². The van der Waals surface area contributed by atoms with E-state index < -0.39 is 0 Å². The van der Waals surface area contributed by atoms with Crippen LogP contribution in [0.2, 0.25) is 0 Å². The van der Waals surface area contributed by atoms with Crippen molar-refractivity contribution < 1.29 is 0 Å². The second-order valence-corrected chi connectivity index (χ2v) is 6.67. The Kier molecular flexibility index (Phi) is 4.38. The summed E-state index contributed by atoms with van der Waals surface area (Å²) in [5, 5.41) is 0. The Balaban J connectivity index is 1.68. The second kappa shape index (κ2) is 6.82. The van der Waals surface area contributed by atoms with Gasteiger partial charge in [-0.05, 0) is 36.7 Å². The SMILES string of the molecule is NCCN1CCC(c2cccc3c2nc(N)n3Cc2ccccn2)C1. The number of nitrogen functional groups attached to an aromatic ring is 1. The van der Waals surface area contributed by atoms with E-state index in [1.54, 1.807) is 6.20 Å². The fraction of sp³-hybridized carbons (Fsp3) is 0.368. The van der Waals surface area contributed by atoms with Crippen molar-refractivity contribution in [3.05, 3.63) is 53.9 Å². The summed E-state index contributed by atoms with van der Waals surface area (Å²) in [5.41, 5.74) is 16.3. The van der Waals surface area contributed by atoms with E-state index in [1.165, 1.54) is 5.56 Å². The fourth-order valence-electron chi connectivity index (χ4n) is 3.81. The number of likely N-dealkylation sites (tertiary alicyclic amines) is 1. The number of nitrogens with two attached hydrogens (primary N) is 2. The zero-order valence-corrected chi connectivity index (χ0v) is 14.3. The van der Waals surface area contributed by atoms with Crippen molar-refractivity contribution in [3.8, 4) is 0 Å². The number of hydrogen-bond acceptors (Lipinski definition) is 5. The summed E-state index contributed by atoms with van der Waals surface area (Å²) in [4.78, 5) is 11.5. The molecule has 1 aliphatic rings. The predicted molar refractivity (Wildman–Crippen MR) is 100 cm³/mol. The molecule has 1 atom stereocenters. The van der Waals surface area contributed by atoms with Gasteiger partial charge in [-0.1, -0.05) is 18.2 Å². The summed E-state index contributed by atoms with van der Waals surface area (Å²) in [6.45, 7) is 4.45. The lowest BCUT2D eigenvalue weighted by Crippen LogP contribution is -2.27. The molecule has 1 aliphatic heterocycles. The third-order valence-corrected chi connectivity index (χ3v) is 5.04. The average molecular weight is 336 g/mol. The highest BCUT2D eigenvalue weighted by Gasteiger charge is 2.26. The van der Waals surface area contributed by atoms with E-state index in [2.05, 4.69) is 28.1 Å². The van der Waals surface area contributed by atoms with Gasteiger partial charge in [-0.25, -0.2) is 4.98 Å². The molecule has 3 aromatic rings. The van der Waals surface area contributed by atoms with Crippen LogP contribution in [-0.4, -0.2) is 45.6 Å². The van der Waals surface area contributed by atoms with Crippen LogP contribution in [0.4, 0.5) is 5.95 Å². The average Bonchev–Trinajstić information content (AvgIpc) is 3.21. The van der Waals surface area contributed by atoms with Gasteiger partial charge >= 0.3 is 0 Å². The van der Waals surface area contributed by atoms with Crippen molar-refractivity contribution in [2.75, 3.05) is 31.9 Å². The van der Waals surface area contributed by atoms with Crippen LogP contribution in [0.3, 0.4) is 0 Å². The second-order valence-electron chi connectivity index (χ2n) is 6.67. The third-order valence-electron chi connectivity index (χ3n) is 5.04. The van der Waals surface area contributed by atoms with E-state index in [-0.39, 0.29) is 0 Å². The highest BCUT2D eigenvalue weighted by atomic mass is 15.2. The van der Waals surface area contributed by atoms with E-state index in [0.717, 1.165) is 42.8 Å². The minimum absolute atomic E-state index is 0.493. The zero-order valence-electron chi connectivity index (χ0n) is 14.3. The highest BCUT2D eigenvalue weighted by Crippen LogP contribution is 2.33. The van der Waals surface area contributed by atoms with E-state index >= 15 is 0 Å². The largest absolute Gasteiger partial charge is 0.369 e. The van der Waals surface area contributed by atoms with Gasteiger partial charge in [0.25, 0.3) is 0 Å². The molecule has 1 unspecified atom stereocenters. The van der Waals surface area contributed by atoms with Crippen LogP contribution < -0.4 is 11.5 Å². The zero-order chi connectivity index (χ0) is 17.2. The molecule has 0 bridgehead atoms. The molecule has 2 aromatic heterocycles. The monoisotopic (exact) mass is 336 g/mol. The van der Waals surface area contributed by atoms with Crippen molar-refractivity contribution >= 4 is 17.0 Å². The Labute approximate surface area is 147 Å². The number of anilines is 1. The Morgan fingerprint density at radius 3 is 2.88 bits per heavy atom. The summed E-state index contributed by atoms with van der Waals surface area (Å²) in [5.74, 6) is 1.04. The molecular weight excluding hydrogens is 312 g/mol. The molecule has 25 heavy (non-hydrogen) atoms. The quantitative estimate of drug-likeness (QED) is 0.742. The molecule has 130 valence electrons. The van der Waals surface area contributed by atoms with Crippen LogP contribution >= 0.6 is 0 Å². The van der Waals surface area contributed by atoms with Gasteiger partial charge in [0.15, 0.2) is 0 Å². The minimum Gasteiger partial charge on any atom is -0.369 e. The van der Waals surface area contributed by atoms with Crippen molar-refractivity contribution in [3.63, 3.8) is 0 Å². The van der Waals surface area contributed by atoms with Gasteiger partial charge in [0, 0.05) is 31.7 Å². The number of pyridine rings is 1. The van der Waals surface area contributed by atoms with E-state index in [9.17, 15) is 0 Å². The predicted octanol–water partition coefficient (Wildman–Crippen LogP) is 1.81. The van der Waals surface area contributed by atoms with Gasteiger partial charge in [0.2, 0.25) is 5.95 Å². The summed E-state index contributed by atoms with van der Waals surface area (Å²) < 4.78 is 2.05. The Morgan fingerprint density at radius 2 is 2.08 bits per heavy atom. The van der Waals surface area contributed by atoms with E-state index in [0.29, 0.717) is 25.0 Å². The molecular formula is C19H24N6. The maximum Gasteiger partial charge on any atom is 0.201 e. The van der Waals surface area contributed by atoms with Crippen LogP contribution in [0, 0.1) is 0 Å². The van der Waals surface area contributed by atoms with Gasteiger partial charge in [0.1, 0.15) is 0 Å². The number of para-hydroxylation sites is 1. The van der Waals surface area contributed by atoms with Crippen LogP contribution in [0.1, 0.15) is 23.6 Å². The molecule has 0 saturated carbocycles. The summed E-state index contributed by atoms with van der Waals surface area (Å²) in [6, 6.07) is 12.3. The first-order valence-electron chi connectivity index (χ1n) is 8.83. The number of hydrogen-bond donors (Lipinski definition) is 2. The van der Waals surface area contributed by atoms with Crippen molar-refractivity contribution in [2.24, 2.45) is 5.73 Å². The number of nitrogens with zero attached hydrogens (tertiary/aromatic N) is 4. The molecule has 1 fully saturated rings. The minimum atomic E-state index is 0.493. The van der Waals surface area contributed by atoms with Crippen LogP contribution in [-0.2, 0) is 6.54 Å². The molecule has 4 N–H and O–H groups in total. The molecule has 0 amide bonds. The first-order chi connectivity index (χ1) is 12.3. The first-order valence-corrected chi connectivity index (χ1v) is 8.83. The number of rotatable bonds is 5. The lowest BCUT2D eigenvalue weighted by Gasteiger charge is -2.15. The molecule has 6 heteroatoms. The molecule has 6 nitrogen and oxygen atoms in total. The third kappa shape index (κ3) is 3.10. The Bertz CT molecular complexity index is 857. The van der Waals surface area contributed by atoms with E-state index in [4.69, 9.17) is 16.5 Å². The van der Waals surface area contributed by atoms with Gasteiger partial charge in [0.05, 0.1) is 23.3 Å². The van der Waals surface area contributed by atoms with Crippen molar-refractivity contribution in [1.29, 1.82) is 0 Å². The summed E-state index contributed by atoms with van der Waals surface area (Å²) in [7, 11) is 0. The number of fused-ring (bicyclic) bond motifs is 1. The van der Waals surface area contributed by atoms with Crippen LogP contribution in [0.25, 0.3) is 11.0 Å². The summed E-state index contributed by atoms with van der Waals surface area (Å²) in [6.07, 6.45) is 2.95. The number of aromatic nitrogens is 3. The fourth-order valence-corrected chi connectivity index (χ4v) is 3.81. The molecule has 0 radical (unpaired) electrons. The first kappa shape index (κ1) is 16.1. The molecule has 0 aliphatic carbocycles.